The summed E-state index contributed by atoms with van der Waals surface area (Å²) in [5, 5.41) is 0.185. The third-order valence-electron chi connectivity index (χ3n) is 9.24. The van der Waals surface area contributed by atoms with Crippen LogP contribution in [0.2, 0.25) is 54.4 Å². The van der Waals surface area contributed by atoms with Crippen LogP contribution in [0.25, 0.3) is 0 Å². The van der Waals surface area contributed by atoms with Gasteiger partial charge in [-0.05, 0) is 60.8 Å². The van der Waals surface area contributed by atoms with E-state index in [1.54, 1.807) is 0 Å². The van der Waals surface area contributed by atoms with Gasteiger partial charge in [-0.15, -0.1) is 0 Å². The van der Waals surface area contributed by atoms with Crippen LogP contribution in [0.4, 0.5) is 0 Å². The lowest BCUT2D eigenvalue weighted by Crippen LogP contribution is -2.56. The molecule has 2 N–H and O–H groups in total. The molecule has 0 aliphatic carbocycles. The molecular weight excluding hydrogens is 487 g/mol. The lowest BCUT2D eigenvalue weighted by Gasteiger charge is -2.48. The van der Waals surface area contributed by atoms with Crippen molar-refractivity contribution in [1.29, 1.82) is 0 Å². The molecule has 0 aliphatic rings. The first kappa shape index (κ1) is 35.0. The van der Waals surface area contributed by atoms with Gasteiger partial charge in [-0.1, -0.05) is 75.7 Å². The Hall–Kier alpha value is 0.000649. The molecule has 5 nitrogen and oxygen atoms in total. The standard InChI is InChI=1S/C27H61NO4Si3/c1-17-18-22(23(28)29)27(19-30-33(11,12)24(2,3)4,20-31-34(13,14)25(5,6)7)21-32-35(15,16)26(8,9)10/h22H,17-21H2,1-16H3,(H2,28,29). The van der Waals surface area contributed by atoms with Crippen molar-refractivity contribution in [3.05, 3.63) is 0 Å². The Bertz CT molecular complexity index is 612. The van der Waals surface area contributed by atoms with Gasteiger partial charge in [0.05, 0.1) is 0 Å². The predicted octanol–water partition coefficient (Wildman–Crippen LogP) is 7.94. The van der Waals surface area contributed by atoms with Crippen molar-refractivity contribution in [2.45, 2.75) is 136 Å². The largest absolute Gasteiger partial charge is 0.416 e. The molecule has 0 rings (SSSR count). The van der Waals surface area contributed by atoms with Gasteiger partial charge in [0.25, 0.3) is 0 Å². The van der Waals surface area contributed by atoms with Gasteiger partial charge >= 0.3 is 0 Å². The van der Waals surface area contributed by atoms with E-state index in [1.165, 1.54) is 0 Å². The topological polar surface area (TPSA) is 70.8 Å². The highest BCUT2D eigenvalue weighted by atomic mass is 28.4. The van der Waals surface area contributed by atoms with Crippen LogP contribution in [-0.2, 0) is 18.1 Å². The second-order valence-electron chi connectivity index (χ2n) is 15.3. The average Bonchev–Trinajstić information content (AvgIpc) is 2.63. The third kappa shape index (κ3) is 9.36. The third-order valence-corrected chi connectivity index (χ3v) is 22.7. The van der Waals surface area contributed by atoms with Crippen molar-refractivity contribution >= 4 is 30.9 Å². The Morgan fingerprint density at radius 3 is 1.09 bits per heavy atom. The summed E-state index contributed by atoms with van der Waals surface area (Å²) in [6.07, 6.45) is 1.58. The molecule has 0 radical (unpaired) electrons. The molecule has 35 heavy (non-hydrogen) atoms. The summed E-state index contributed by atoms with van der Waals surface area (Å²) in [6.45, 7) is 37.2. The quantitative estimate of drug-likeness (QED) is 0.238. The lowest BCUT2D eigenvalue weighted by molar-refractivity contribution is -0.132. The number of carbonyl (C=O) groups is 1. The van der Waals surface area contributed by atoms with Gasteiger partial charge in [-0.25, -0.2) is 0 Å². The fourth-order valence-electron chi connectivity index (χ4n) is 3.09. The van der Waals surface area contributed by atoms with Crippen molar-refractivity contribution in [3.8, 4) is 0 Å². The Labute approximate surface area is 222 Å². The minimum Gasteiger partial charge on any atom is -0.416 e. The van der Waals surface area contributed by atoms with Crippen molar-refractivity contribution in [3.63, 3.8) is 0 Å². The van der Waals surface area contributed by atoms with E-state index in [0.717, 1.165) is 6.42 Å². The molecule has 0 aromatic rings. The van der Waals surface area contributed by atoms with Crippen molar-refractivity contribution < 1.29 is 18.1 Å². The van der Waals surface area contributed by atoms with Crippen LogP contribution in [0.5, 0.6) is 0 Å². The summed E-state index contributed by atoms with van der Waals surface area (Å²) in [7, 11) is -6.25. The summed E-state index contributed by atoms with van der Waals surface area (Å²) in [6, 6.07) is 0. The van der Waals surface area contributed by atoms with Gasteiger partial charge in [0.15, 0.2) is 25.0 Å². The van der Waals surface area contributed by atoms with E-state index in [2.05, 4.69) is 109 Å². The SMILES string of the molecule is CCCC(C(N)=O)C(CO[Si](C)(C)C(C)(C)C)(CO[Si](C)(C)C(C)(C)C)CO[Si](C)(C)C(C)(C)C. The maximum atomic E-state index is 13.0. The smallest absolute Gasteiger partial charge is 0.221 e. The minimum absolute atomic E-state index is 0.0618. The predicted molar refractivity (Wildman–Crippen MR) is 159 cm³/mol. The van der Waals surface area contributed by atoms with E-state index < -0.39 is 30.4 Å². The molecule has 0 saturated carbocycles. The molecule has 0 spiro atoms. The zero-order valence-corrected chi connectivity index (χ0v) is 29.3. The summed E-state index contributed by atoms with van der Waals surface area (Å²) < 4.78 is 20.5. The van der Waals surface area contributed by atoms with E-state index >= 15 is 0 Å². The van der Waals surface area contributed by atoms with Crippen LogP contribution in [0, 0.1) is 11.3 Å². The van der Waals surface area contributed by atoms with E-state index in [0.29, 0.717) is 26.2 Å². The van der Waals surface area contributed by atoms with E-state index in [4.69, 9.17) is 19.0 Å². The summed E-state index contributed by atoms with van der Waals surface area (Å²) in [4.78, 5) is 13.0. The van der Waals surface area contributed by atoms with Crippen LogP contribution in [0.1, 0.15) is 82.1 Å². The number of rotatable bonds is 13. The molecule has 210 valence electrons. The van der Waals surface area contributed by atoms with Crippen LogP contribution < -0.4 is 5.73 Å². The number of carbonyl (C=O) groups excluding carboxylic acids is 1. The molecule has 1 unspecified atom stereocenters. The number of amides is 1. The zero-order valence-electron chi connectivity index (χ0n) is 26.3. The van der Waals surface area contributed by atoms with E-state index in [-0.39, 0.29) is 26.9 Å². The highest BCUT2D eigenvalue weighted by Crippen LogP contribution is 2.44. The zero-order chi connectivity index (χ0) is 28.3. The molecule has 0 aromatic carbocycles. The van der Waals surface area contributed by atoms with Crippen LogP contribution in [-0.4, -0.2) is 50.7 Å². The highest BCUT2D eigenvalue weighted by molar-refractivity contribution is 6.75. The van der Waals surface area contributed by atoms with Gasteiger partial charge in [0.2, 0.25) is 5.91 Å². The fourth-order valence-corrected chi connectivity index (χ4v) is 6.33. The molecule has 0 aromatic heterocycles. The lowest BCUT2D eigenvalue weighted by atomic mass is 9.74. The van der Waals surface area contributed by atoms with Gasteiger partial charge in [0.1, 0.15) is 0 Å². The van der Waals surface area contributed by atoms with Gasteiger partial charge in [-0.3, -0.25) is 4.79 Å². The first-order valence-corrected chi connectivity index (χ1v) is 22.2. The van der Waals surface area contributed by atoms with E-state index in [9.17, 15) is 4.79 Å². The normalized spacial score (nSPS) is 15.9. The van der Waals surface area contributed by atoms with Crippen molar-refractivity contribution in [1.82, 2.24) is 0 Å². The summed E-state index contributed by atoms with van der Waals surface area (Å²) >= 11 is 0. The Kier molecular flexibility index (Phi) is 11.8. The average molecular weight is 548 g/mol. The Balaban J connectivity index is 6.64. The second kappa shape index (κ2) is 11.8. The molecule has 8 heteroatoms. The van der Waals surface area contributed by atoms with E-state index in [1.807, 2.05) is 0 Å². The maximum absolute atomic E-state index is 13.0. The van der Waals surface area contributed by atoms with Gasteiger partial charge in [-0.2, -0.15) is 0 Å². The minimum atomic E-state index is -2.08. The molecule has 1 amide bonds. The molecule has 1 atom stereocenters. The molecular formula is C27H61NO4Si3. The first-order valence-electron chi connectivity index (χ1n) is 13.5. The van der Waals surface area contributed by atoms with Crippen LogP contribution in [0.3, 0.4) is 0 Å². The van der Waals surface area contributed by atoms with Gasteiger partial charge in [0, 0.05) is 31.2 Å². The number of nitrogens with two attached hydrogens (primary N) is 1. The van der Waals surface area contributed by atoms with Crippen molar-refractivity contribution in [2.24, 2.45) is 17.1 Å². The molecule has 0 bridgehead atoms. The van der Waals surface area contributed by atoms with Gasteiger partial charge < -0.3 is 19.0 Å². The highest BCUT2D eigenvalue weighted by Gasteiger charge is 2.50. The van der Waals surface area contributed by atoms with Crippen molar-refractivity contribution in [2.75, 3.05) is 19.8 Å². The Morgan fingerprint density at radius 1 is 0.657 bits per heavy atom. The molecule has 0 aliphatic heterocycles. The number of primary amides is 1. The van der Waals surface area contributed by atoms with Crippen LogP contribution >= 0.6 is 0 Å². The first-order chi connectivity index (χ1) is 15.3. The summed E-state index contributed by atoms with van der Waals surface area (Å²) in [5.74, 6) is -0.643. The monoisotopic (exact) mass is 547 g/mol. The fraction of sp³-hybridized carbons (Fsp3) is 0.963. The number of hydrogen-bond acceptors (Lipinski definition) is 4. The number of hydrogen-bond donors (Lipinski definition) is 1. The second-order valence-corrected chi connectivity index (χ2v) is 29.7. The molecule has 0 fully saturated rings. The molecule has 0 saturated heterocycles. The Morgan fingerprint density at radius 2 is 0.914 bits per heavy atom. The maximum Gasteiger partial charge on any atom is 0.221 e. The summed E-state index contributed by atoms with van der Waals surface area (Å²) in [5.41, 5.74) is 5.49. The molecule has 0 heterocycles. The van der Waals surface area contributed by atoms with Crippen LogP contribution in [0.15, 0.2) is 0 Å².